The number of piperidine rings is 1. The Bertz CT molecular complexity index is 574. The molecule has 0 atom stereocenters. The van der Waals surface area contributed by atoms with Gasteiger partial charge in [-0.3, -0.25) is 0 Å². The average molecular weight is 273 g/mol. The van der Waals surface area contributed by atoms with Gasteiger partial charge in [0.1, 0.15) is 11.9 Å². The summed E-state index contributed by atoms with van der Waals surface area (Å²) >= 11 is 0. The number of nitrogens with two attached hydrogens (primary N) is 1. The number of anilines is 1. The highest BCUT2D eigenvalue weighted by Gasteiger charge is 2.20. The summed E-state index contributed by atoms with van der Waals surface area (Å²) in [4.78, 5) is 2.32. The smallest absolute Gasteiger partial charge is 0.172 e. The first-order valence-electron chi connectivity index (χ1n) is 6.89. The van der Waals surface area contributed by atoms with Gasteiger partial charge in [0.05, 0.1) is 5.56 Å². The number of hydrogen-bond donors (Lipinski definition) is 1. The van der Waals surface area contributed by atoms with Gasteiger partial charge >= 0.3 is 0 Å². The van der Waals surface area contributed by atoms with Crippen LogP contribution in [-0.4, -0.2) is 36.3 Å². The van der Waals surface area contributed by atoms with Gasteiger partial charge in [0.15, 0.2) is 11.6 Å². The zero-order chi connectivity index (χ0) is 13.9. The Balaban J connectivity index is 1.80. The Morgan fingerprint density at radius 1 is 1.30 bits per heavy atom. The van der Waals surface area contributed by atoms with E-state index in [2.05, 4.69) is 17.1 Å². The lowest BCUT2D eigenvalue weighted by Crippen LogP contribution is -2.35. The van der Waals surface area contributed by atoms with E-state index in [4.69, 9.17) is 15.0 Å². The first-order chi connectivity index (χ1) is 9.72. The highest BCUT2D eigenvalue weighted by molar-refractivity contribution is 5.67. The van der Waals surface area contributed by atoms with Crippen LogP contribution in [0, 0.1) is 0 Å². The second kappa shape index (κ2) is 5.54. The third kappa shape index (κ3) is 2.77. The monoisotopic (exact) mass is 273 g/mol. The zero-order valence-corrected chi connectivity index (χ0v) is 11.6. The summed E-state index contributed by atoms with van der Waals surface area (Å²) in [6.45, 7) is 2.14. The SMILES string of the molecule is CN1CCC(Oc2ccccc2-c2cc(N)no2)CC1. The number of benzene rings is 1. The molecule has 0 bridgehead atoms. The summed E-state index contributed by atoms with van der Waals surface area (Å²) < 4.78 is 11.4. The van der Waals surface area contributed by atoms with Crippen LogP contribution in [0.15, 0.2) is 34.9 Å². The van der Waals surface area contributed by atoms with E-state index in [9.17, 15) is 0 Å². The predicted molar refractivity (Wildman–Crippen MR) is 77.5 cm³/mol. The summed E-state index contributed by atoms with van der Waals surface area (Å²) in [6, 6.07) is 9.57. The van der Waals surface area contributed by atoms with E-state index in [1.54, 1.807) is 6.07 Å². The molecule has 20 heavy (non-hydrogen) atoms. The predicted octanol–water partition coefficient (Wildman–Crippen LogP) is 2.40. The van der Waals surface area contributed by atoms with Gasteiger partial charge in [-0.25, -0.2) is 0 Å². The maximum Gasteiger partial charge on any atom is 0.172 e. The van der Waals surface area contributed by atoms with Gasteiger partial charge in [-0.2, -0.15) is 0 Å². The van der Waals surface area contributed by atoms with Crippen LogP contribution in [0.5, 0.6) is 5.75 Å². The molecule has 1 saturated heterocycles. The lowest BCUT2D eigenvalue weighted by atomic mass is 10.1. The molecule has 1 fully saturated rings. The third-order valence-electron chi connectivity index (χ3n) is 3.64. The van der Waals surface area contributed by atoms with Gasteiger partial charge in [0, 0.05) is 19.2 Å². The molecule has 1 aromatic carbocycles. The maximum absolute atomic E-state index is 6.14. The van der Waals surface area contributed by atoms with Crippen LogP contribution in [0.3, 0.4) is 0 Å². The van der Waals surface area contributed by atoms with Crippen molar-refractivity contribution in [3.8, 4) is 17.1 Å². The molecule has 106 valence electrons. The van der Waals surface area contributed by atoms with Crippen molar-refractivity contribution in [2.75, 3.05) is 25.9 Å². The number of nitrogens with zero attached hydrogens (tertiary/aromatic N) is 2. The summed E-state index contributed by atoms with van der Waals surface area (Å²) in [5, 5.41) is 3.73. The molecule has 5 nitrogen and oxygen atoms in total. The molecule has 2 aromatic rings. The maximum atomic E-state index is 6.14. The zero-order valence-electron chi connectivity index (χ0n) is 11.6. The summed E-state index contributed by atoms with van der Waals surface area (Å²) in [7, 11) is 2.14. The van der Waals surface area contributed by atoms with Gasteiger partial charge in [0.2, 0.25) is 0 Å². The molecule has 0 radical (unpaired) electrons. The van der Waals surface area contributed by atoms with Crippen LogP contribution in [0.4, 0.5) is 5.82 Å². The van der Waals surface area contributed by atoms with Crippen molar-refractivity contribution in [1.29, 1.82) is 0 Å². The Kier molecular flexibility index (Phi) is 3.60. The van der Waals surface area contributed by atoms with Crippen LogP contribution in [0.25, 0.3) is 11.3 Å². The number of ether oxygens (including phenoxy) is 1. The lowest BCUT2D eigenvalue weighted by molar-refractivity contribution is 0.114. The van der Waals surface area contributed by atoms with Gasteiger partial charge < -0.3 is 19.9 Å². The number of likely N-dealkylation sites (tertiary alicyclic amines) is 1. The first-order valence-corrected chi connectivity index (χ1v) is 6.89. The van der Waals surface area contributed by atoms with Crippen LogP contribution >= 0.6 is 0 Å². The van der Waals surface area contributed by atoms with Crippen molar-refractivity contribution in [2.45, 2.75) is 18.9 Å². The Morgan fingerprint density at radius 2 is 2.05 bits per heavy atom. The van der Waals surface area contributed by atoms with Gasteiger partial charge in [0.25, 0.3) is 0 Å². The van der Waals surface area contributed by atoms with E-state index < -0.39 is 0 Å². The molecule has 1 aromatic heterocycles. The van der Waals surface area contributed by atoms with E-state index in [0.717, 1.165) is 37.2 Å². The minimum Gasteiger partial charge on any atom is -0.490 e. The summed E-state index contributed by atoms with van der Waals surface area (Å²) in [5.41, 5.74) is 6.51. The van der Waals surface area contributed by atoms with Crippen molar-refractivity contribution >= 4 is 5.82 Å². The fourth-order valence-corrected chi connectivity index (χ4v) is 2.47. The first kappa shape index (κ1) is 13.0. The molecule has 0 unspecified atom stereocenters. The lowest BCUT2D eigenvalue weighted by Gasteiger charge is -2.29. The second-order valence-corrected chi connectivity index (χ2v) is 5.23. The molecule has 3 rings (SSSR count). The van der Waals surface area contributed by atoms with Gasteiger partial charge in [-0.15, -0.1) is 0 Å². The van der Waals surface area contributed by atoms with E-state index in [1.165, 1.54) is 0 Å². The largest absolute Gasteiger partial charge is 0.490 e. The molecule has 2 N–H and O–H groups in total. The number of para-hydroxylation sites is 1. The van der Waals surface area contributed by atoms with E-state index in [-0.39, 0.29) is 6.10 Å². The fourth-order valence-electron chi connectivity index (χ4n) is 2.47. The standard InChI is InChI=1S/C15H19N3O2/c1-18-8-6-11(7-9-18)19-13-5-3-2-4-12(13)14-10-15(16)17-20-14/h2-5,10-11H,6-9H2,1H3,(H2,16,17). The molecule has 2 heterocycles. The number of hydrogen-bond acceptors (Lipinski definition) is 5. The van der Waals surface area contributed by atoms with Crippen LogP contribution in [-0.2, 0) is 0 Å². The molecule has 1 aliphatic heterocycles. The second-order valence-electron chi connectivity index (χ2n) is 5.23. The van der Waals surface area contributed by atoms with Gasteiger partial charge in [-0.1, -0.05) is 17.3 Å². The summed E-state index contributed by atoms with van der Waals surface area (Å²) in [5.74, 6) is 1.86. The number of aromatic nitrogens is 1. The summed E-state index contributed by atoms with van der Waals surface area (Å²) in [6.07, 6.45) is 2.35. The molecule has 0 amide bonds. The Morgan fingerprint density at radius 3 is 2.75 bits per heavy atom. The average Bonchev–Trinajstić information content (AvgIpc) is 2.88. The van der Waals surface area contributed by atoms with E-state index >= 15 is 0 Å². The third-order valence-corrected chi connectivity index (χ3v) is 3.64. The van der Waals surface area contributed by atoms with Gasteiger partial charge in [-0.05, 0) is 32.0 Å². The Hall–Kier alpha value is -2.01. The van der Waals surface area contributed by atoms with Crippen molar-refractivity contribution < 1.29 is 9.26 Å². The fraction of sp³-hybridized carbons (Fsp3) is 0.400. The van der Waals surface area contributed by atoms with Crippen LogP contribution in [0.1, 0.15) is 12.8 Å². The van der Waals surface area contributed by atoms with Crippen molar-refractivity contribution in [3.63, 3.8) is 0 Å². The molecule has 0 aliphatic carbocycles. The highest BCUT2D eigenvalue weighted by atomic mass is 16.5. The minimum atomic E-state index is 0.257. The van der Waals surface area contributed by atoms with Crippen LogP contribution < -0.4 is 10.5 Å². The number of nitrogen functional groups attached to an aromatic ring is 1. The normalized spacial score (nSPS) is 17.2. The molecule has 1 aliphatic rings. The quantitative estimate of drug-likeness (QED) is 0.930. The van der Waals surface area contributed by atoms with Crippen molar-refractivity contribution in [2.24, 2.45) is 0 Å². The van der Waals surface area contributed by atoms with Crippen molar-refractivity contribution in [3.05, 3.63) is 30.3 Å². The molecular weight excluding hydrogens is 254 g/mol. The molecular formula is C15H19N3O2. The number of rotatable bonds is 3. The minimum absolute atomic E-state index is 0.257. The van der Waals surface area contributed by atoms with E-state index in [1.807, 2.05) is 24.3 Å². The van der Waals surface area contributed by atoms with Crippen LogP contribution in [0.2, 0.25) is 0 Å². The topological polar surface area (TPSA) is 64.5 Å². The highest BCUT2D eigenvalue weighted by Crippen LogP contribution is 2.32. The Labute approximate surface area is 118 Å². The van der Waals surface area contributed by atoms with E-state index in [0.29, 0.717) is 11.6 Å². The molecule has 0 spiro atoms. The molecule has 5 heteroatoms. The van der Waals surface area contributed by atoms with Crippen molar-refractivity contribution in [1.82, 2.24) is 10.1 Å². The molecule has 0 saturated carbocycles.